The molecule has 1 aromatic rings. The second-order valence-electron chi connectivity index (χ2n) is 5.68. The van der Waals surface area contributed by atoms with Crippen LogP contribution in [-0.2, 0) is 16.4 Å². The van der Waals surface area contributed by atoms with Crippen molar-refractivity contribution in [3.63, 3.8) is 0 Å². The van der Waals surface area contributed by atoms with Gasteiger partial charge in [-0.2, -0.15) is 4.31 Å². The Morgan fingerprint density at radius 2 is 1.71 bits per heavy atom. The van der Waals surface area contributed by atoms with E-state index in [4.69, 9.17) is 0 Å². The fourth-order valence-electron chi connectivity index (χ4n) is 2.86. The second-order valence-corrected chi connectivity index (χ2v) is 7.68. The summed E-state index contributed by atoms with van der Waals surface area (Å²) in [5.41, 5.74) is 1.16. The van der Waals surface area contributed by atoms with Gasteiger partial charge in [0.05, 0.1) is 4.90 Å². The quantitative estimate of drug-likeness (QED) is 0.838. The molecule has 5 heteroatoms. The van der Waals surface area contributed by atoms with Crippen molar-refractivity contribution in [2.75, 3.05) is 26.7 Å². The maximum atomic E-state index is 12.7. The average molecular weight is 310 g/mol. The number of hydrogen-bond donors (Lipinski definition) is 0. The molecule has 0 aromatic heterocycles. The van der Waals surface area contributed by atoms with E-state index in [1.54, 1.807) is 23.5 Å². The number of piperidine rings is 1. The molecule has 0 aliphatic carbocycles. The van der Waals surface area contributed by atoms with Crippen LogP contribution in [0.4, 0.5) is 0 Å². The maximum Gasteiger partial charge on any atom is 0.243 e. The Hall–Kier alpha value is -0.910. The highest BCUT2D eigenvalue weighted by molar-refractivity contribution is 7.89. The molecule has 0 amide bonds. The van der Waals surface area contributed by atoms with Gasteiger partial charge in [0, 0.05) is 13.1 Å². The molecule has 0 spiro atoms. The first-order chi connectivity index (χ1) is 9.98. The molecule has 0 bridgehead atoms. The number of hydrogen-bond acceptors (Lipinski definition) is 3. The van der Waals surface area contributed by atoms with Crippen molar-refractivity contribution in [3.8, 4) is 0 Å². The molecule has 2 rings (SSSR count). The lowest BCUT2D eigenvalue weighted by atomic mass is 10.1. The highest BCUT2D eigenvalue weighted by atomic mass is 32.2. The molecule has 0 N–H and O–H groups in total. The highest BCUT2D eigenvalue weighted by Crippen LogP contribution is 2.23. The van der Waals surface area contributed by atoms with Crippen LogP contribution in [0.5, 0.6) is 0 Å². The zero-order chi connectivity index (χ0) is 15.5. The molecule has 0 radical (unpaired) electrons. The predicted molar refractivity (Wildman–Crippen MR) is 85.9 cm³/mol. The van der Waals surface area contributed by atoms with E-state index in [2.05, 4.69) is 18.7 Å². The summed E-state index contributed by atoms with van der Waals surface area (Å²) < 4.78 is 27.0. The fourth-order valence-corrected chi connectivity index (χ4v) is 4.27. The van der Waals surface area contributed by atoms with Crippen LogP contribution in [0.15, 0.2) is 29.2 Å². The number of nitrogens with zero attached hydrogens (tertiary/aromatic N) is 2. The van der Waals surface area contributed by atoms with E-state index in [1.165, 1.54) is 0 Å². The van der Waals surface area contributed by atoms with E-state index in [9.17, 15) is 8.42 Å². The fraction of sp³-hybridized carbons (Fsp3) is 0.625. The molecule has 1 aliphatic rings. The van der Waals surface area contributed by atoms with Crippen LogP contribution in [0.1, 0.15) is 32.3 Å². The van der Waals surface area contributed by atoms with Gasteiger partial charge >= 0.3 is 0 Å². The van der Waals surface area contributed by atoms with E-state index in [0.717, 1.165) is 44.5 Å². The van der Waals surface area contributed by atoms with Gasteiger partial charge in [0.25, 0.3) is 0 Å². The molecule has 1 aliphatic heterocycles. The maximum absolute atomic E-state index is 12.7. The standard InChI is InChI=1S/C16H26N2O2S/c1-4-14-6-8-16(9-7-14)21(19,20)17(3)15-10-12-18(5-2)13-11-15/h6-9,15H,4-5,10-13H2,1-3H3. The Morgan fingerprint density at radius 3 is 2.19 bits per heavy atom. The Labute approximate surface area is 128 Å². The van der Waals surface area contributed by atoms with Crippen LogP contribution in [0, 0.1) is 0 Å². The molecule has 118 valence electrons. The first-order valence-electron chi connectivity index (χ1n) is 7.78. The van der Waals surface area contributed by atoms with Crippen LogP contribution in [-0.4, -0.2) is 50.3 Å². The van der Waals surface area contributed by atoms with Crippen LogP contribution >= 0.6 is 0 Å². The lowest BCUT2D eigenvalue weighted by molar-refractivity contribution is 0.176. The van der Waals surface area contributed by atoms with Crippen molar-refractivity contribution in [1.29, 1.82) is 0 Å². The van der Waals surface area contributed by atoms with Gasteiger partial charge in [-0.15, -0.1) is 0 Å². The van der Waals surface area contributed by atoms with Crippen molar-refractivity contribution in [1.82, 2.24) is 9.21 Å². The lowest BCUT2D eigenvalue weighted by Gasteiger charge is -2.35. The van der Waals surface area contributed by atoms with Gasteiger partial charge < -0.3 is 4.90 Å². The van der Waals surface area contributed by atoms with Gasteiger partial charge in [-0.1, -0.05) is 26.0 Å². The molecule has 0 unspecified atom stereocenters. The zero-order valence-corrected chi connectivity index (χ0v) is 14.1. The monoisotopic (exact) mass is 310 g/mol. The summed E-state index contributed by atoms with van der Waals surface area (Å²) in [4.78, 5) is 2.77. The normalized spacial score (nSPS) is 18.3. The molecule has 1 saturated heterocycles. The lowest BCUT2D eigenvalue weighted by Crippen LogP contribution is -2.45. The minimum atomic E-state index is -3.37. The molecule has 1 heterocycles. The van der Waals surface area contributed by atoms with Gasteiger partial charge in [-0.25, -0.2) is 8.42 Å². The molecular formula is C16H26N2O2S. The summed E-state index contributed by atoms with van der Waals surface area (Å²) in [6.45, 7) is 7.22. The number of benzene rings is 1. The first-order valence-corrected chi connectivity index (χ1v) is 9.22. The summed E-state index contributed by atoms with van der Waals surface area (Å²) in [6.07, 6.45) is 2.75. The van der Waals surface area contributed by atoms with Crippen molar-refractivity contribution < 1.29 is 8.42 Å². The molecular weight excluding hydrogens is 284 g/mol. The largest absolute Gasteiger partial charge is 0.303 e. The minimum absolute atomic E-state index is 0.114. The van der Waals surface area contributed by atoms with Crippen molar-refractivity contribution in [3.05, 3.63) is 29.8 Å². The van der Waals surface area contributed by atoms with Gasteiger partial charge in [0.2, 0.25) is 10.0 Å². The summed E-state index contributed by atoms with van der Waals surface area (Å²) >= 11 is 0. The predicted octanol–water partition coefficient (Wildman–Crippen LogP) is 2.35. The smallest absolute Gasteiger partial charge is 0.243 e. The Bertz CT molecular complexity index is 546. The topological polar surface area (TPSA) is 40.6 Å². The summed E-state index contributed by atoms with van der Waals surface area (Å²) in [6, 6.07) is 7.38. The third-order valence-corrected chi connectivity index (χ3v) is 6.45. The first kappa shape index (κ1) is 16.5. The zero-order valence-electron chi connectivity index (χ0n) is 13.2. The number of sulfonamides is 1. The number of rotatable bonds is 5. The van der Waals surface area contributed by atoms with Crippen molar-refractivity contribution in [2.24, 2.45) is 0 Å². The Kier molecular flexibility index (Phi) is 5.41. The van der Waals surface area contributed by atoms with Crippen LogP contribution in [0.3, 0.4) is 0 Å². The van der Waals surface area contributed by atoms with Crippen molar-refractivity contribution >= 4 is 10.0 Å². The number of aryl methyl sites for hydroxylation is 1. The SMILES string of the molecule is CCc1ccc(S(=O)(=O)N(C)C2CCN(CC)CC2)cc1. The Morgan fingerprint density at radius 1 is 1.14 bits per heavy atom. The summed E-state index contributed by atoms with van der Waals surface area (Å²) in [7, 11) is -1.66. The number of likely N-dealkylation sites (tertiary alicyclic amines) is 1. The van der Waals surface area contributed by atoms with E-state index in [-0.39, 0.29) is 6.04 Å². The Balaban J connectivity index is 2.11. The van der Waals surface area contributed by atoms with Gasteiger partial charge in [0.15, 0.2) is 0 Å². The molecule has 1 fully saturated rings. The van der Waals surface area contributed by atoms with Gasteiger partial charge in [-0.05, 0) is 56.6 Å². The van der Waals surface area contributed by atoms with Crippen molar-refractivity contribution in [2.45, 2.75) is 44.0 Å². The van der Waals surface area contributed by atoms with E-state index < -0.39 is 10.0 Å². The van der Waals surface area contributed by atoms with E-state index in [1.807, 2.05) is 12.1 Å². The van der Waals surface area contributed by atoms with E-state index in [0.29, 0.717) is 4.90 Å². The highest BCUT2D eigenvalue weighted by Gasteiger charge is 2.30. The van der Waals surface area contributed by atoms with Gasteiger partial charge in [0.1, 0.15) is 0 Å². The third-order valence-electron chi connectivity index (χ3n) is 4.53. The second kappa shape index (κ2) is 6.90. The van der Waals surface area contributed by atoms with Crippen LogP contribution in [0.2, 0.25) is 0 Å². The molecule has 0 saturated carbocycles. The third kappa shape index (κ3) is 3.65. The van der Waals surface area contributed by atoms with Gasteiger partial charge in [-0.3, -0.25) is 0 Å². The molecule has 4 nitrogen and oxygen atoms in total. The average Bonchev–Trinajstić information content (AvgIpc) is 2.54. The van der Waals surface area contributed by atoms with E-state index >= 15 is 0 Å². The summed E-state index contributed by atoms with van der Waals surface area (Å²) in [5.74, 6) is 0. The molecule has 1 aromatic carbocycles. The van der Waals surface area contributed by atoms with Crippen LogP contribution < -0.4 is 0 Å². The molecule has 0 atom stereocenters. The minimum Gasteiger partial charge on any atom is -0.303 e. The van der Waals surface area contributed by atoms with Crippen LogP contribution in [0.25, 0.3) is 0 Å². The summed E-state index contributed by atoms with van der Waals surface area (Å²) in [5, 5.41) is 0. The molecule has 21 heavy (non-hydrogen) atoms.